The topological polar surface area (TPSA) is 18.5 Å². The highest BCUT2D eigenvalue weighted by Crippen LogP contribution is 2.23. The lowest BCUT2D eigenvalue weighted by Crippen LogP contribution is -2.46. The lowest BCUT2D eigenvalue weighted by molar-refractivity contribution is 0.175. The van der Waals surface area contributed by atoms with Gasteiger partial charge in [-0.2, -0.15) is 0 Å². The van der Waals surface area contributed by atoms with Crippen molar-refractivity contribution >= 4 is 0 Å². The zero-order chi connectivity index (χ0) is 14.3. The average molecular weight is 269 g/mol. The standard InChI is InChI=1S/C16H35N3/c1-6-19(15(3)13-18(4)5)12-11-17-16-10-8-7-9-14(16)2/h14-17H,6-13H2,1-5H3. The zero-order valence-corrected chi connectivity index (χ0v) is 13.8. The van der Waals surface area contributed by atoms with E-state index < -0.39 is 0 Å². The van der Waals surface area contributed by atoms with Crippen LogP contribution in [0.25, 0.3) is 0 Å². The lowest BCUT2D eigenvalue weighted by atomic mass is 9.86. The molecule has 1 rings (SSSR count). The van der Waals surface area contributed by atoms with Crippen LogP contribution in [0.2, 0.25) is 0 Å². The van der Waals surface area contributed by atoms with E-state index >= 15 is 0 Å². The van der Waals surface area contributed by atoms with Crippen LogP contribution in [0.3, 0.4) is 0 Å². The Morgan fingerprint density at radius 1 is 1.21 bits per heavy atom. The number of hydrogen-bond acceptors (Lipinski definition) is 3. The summed E-state index contributed by atoms with van der Waals surface area (Å²) >= 11 is 0. The molecule has 0 aromatic heterocycles. The Hall–Kier alpha value is -0.120. The van der Waals surface area contributed by atoms with Crippen LogP contribution in [0.1, 0.15) is 46.5 Å². The highest BCUT2D eigenvalue weighted by molar-refractivity contribution is 4.79. The number of likely N-dealkylation sites (N-methyl/N-ethyl adjacent to an activating group) is 2. The Morgan fingerprint density at radius 3 is 2.47 bits per heavy atom. The molecule has 0 heterocycles. The van der Waals surface area contributed by atoms with Crippen molar-refractivity contribution in [1.82, 2.24) is 15.1 Å². The summed E-state index contributed by atoms with van der Waals surface area (Å²) in [7, 11) is 4.32. The molecular weight excluding hydrogens is 234 g/mol. The maximum Gasteiger partial charge on any atom is 0.0195 e. The van der Waals surface area contributed by atoms with E-state index in [1.54, 1.807) is 0 Å². The van der Waals surface area contributed by atoms with E-state index in [4.69, 9.17) is 0 Å². The fraction of sp³-hybridized carbons (Fsp3) is 1.00. The van der Waals surface area contributed by atoms with Crippen LogP contribution in [0.4, 0.5) is 0 Å². The van der Waals surface area contributed by atoms with Crippen molar-refractivity contribution in [1.29, 1.82) is 0 Å². The summed E-state index contributed by atoms with van der Waals surface area (Å²) in [5.74, 6) is 0.864. The third-order valence-electron chi connectivity index (χ3n) is 4.58. The summed E-state index contributed by atoms with van der Waals surface area (Å²) in [5.41, 5.74) is 0. The van der Waals surface area contributed by atoms with E-state index in [1.165, 1.54) is 32.2 Å². The van der Waals surface area contributed by atoms with Gasteiger partial charge in [-0.05, 0) is 46.3 Å². The van der Waals surface area contributed by atoms with E-state index in [0.717, 1.165) is 31.6 Å². The van der Waals surface area contributed by atoms with Crippen molar-refractivity contribution < 1.29 is 0 Å². The SMILES string of the molecule is CCN(CCNC1CCCCC1C)C(C)CN(C)C. The molecule has 0 radical (unpaired) electrons. The van der Waals surface area contributed by atoms with Crippen LogP contribution in [-0.4, -0.2) is 62.2 Å². The maximum absolute atomic E-state index is 3.79. The summed E-state index contributed by atoms with van der Waals surface area (Å²) in [4.78, 5) is 4.87. The number of hydrogen-bond donors (Lipinski definition) is 1. The van der Waals surface area contributed by atoms with Crippen LogP contribution < -0.4 is 5.32 Å². The highest BCUT2D eigenvalue weighted by atomic mass is 15.2. The second-order valence-corrected chi connectivity index (χ2v) is 6.56. The van der Waals surface area contributed by atoms with Gasteiger partial charge in [0.2, 0.25) is 0 Å². The third-order valence-corrected chi connectivity index (χ3v) is 4.58. The Morgan fingerprint density at radius 2 is 1.89 bits per heavy atom. The van der Waals surface area contributed by atoms with Gasteiger partial charge < -0.3 is 10.2 Å². The molecule has 1 aliphatic carbocycles. The largest absolute Gasteiger partial charge is 0.312 e. The van der Waals surface area contributed by atoms with Gasteiger partial charge in [0.05, 0.1) is 0 Å². The second-order valence-electron chi connectivity index (χ2n) is 6.56. The van der Waals surface area contributed by atoms with E-state index in [1.807, 2.05) is 0 Å². The summed E-state index contributed by atoms with van der Waals surface area (Å²) in [5, 5.41) is 3.79. The lowest BCUT2D eigenvalue weighted by Gasteiger charge is -2.33. The van der Waals surface area contributed by atoms with Gasteiger partial charge in [-0.25, -0.2) is 0 Å². The summed E-state index contributed by atoms with van der Waals surface area (Å²) < 4.78 is 0. The van der Waals surface area contributed by atoms with Crippen LogP contribution in [0, 0.1) is 5.92 Å². The molecule has 1 fully saturated rings. The number of nitrogens with zero attached hydrogens (tertiary/aromatic N) is 2. The van der Waals surface area contributed by atoms with Crippen LogP contribution in [0.15, 0.2) is 0 Å². The molecule has 0 aromatic rings. The first kappa shape index (κ1) is 16.9. The first-order valence-corrected chi connectivity index (χ1v) is 8.16. The van der Waals surface area contributed by atoms with Crippen LogP contribution in [-0.2, 0) is 0 Å². The monoisotopic (exact) mass is 269 g/mol. The molecule has 0 aromatic carbocycles. The molecule has 3 heteroatoms. The van der Waals surface area contributed by atoms with E-state index in [2.05, 4.69) is 50.0 Å². The molecule has 19 heavy (non-hydrogen) atoms. The highest BCUT2D eigenvalue weighted by Gasteiger charge is 2.21. The quantitative estimate of drug-likeness (QED) is 0.730. The molecule has 1 N–H and O–H groups in total. The van der Waals surface area contributed by atoms with Crippen molar-refractivity contribution in [2.45, 2.75) is 58.5 Å². The van der Waals surface area contributed by atoms with Crippen molar-refractivity contribution in [2.75, 3.05) is 40.3 Å². The smallest absolute Gasteiger partial charge is 0.0195 e. The average Bonchev–Trinajstić information content (AvgIpc) is 2.35. The van der Waals surface area contributed by atoms with Gasteiger partial charge >= 0.3 is 0 Å². The van der Waals surface area contributed by atoms with Gasteiger partial charge in [-0.3, -0.25) is 4.90 Å². The van der Waals surface area contributed by atoms with Gasteiger partial charge in [0, 0.05) is 31.7 Å². The summed E-state index contributed by atoms with van der Waals surface area (Å²) in [6.07, 6.45) is 5.63. The first-order valence-electron chi connectivity index (χ1n) is 8.16. The molecule has 114 valence electrons. The van der Waals surface area contributed by atoms with E-state index in [9.17, 15) is 0 Å². The minimum Gasteiger partial charge on any atom is -0.312 e. The molecule has 0 bridgehead atoms. The van der Waals surface area contributed by atoms with Crippen LogP contribution in [0.5, 0.6) is 0 Å². The Bertz CT molecular complexity index is 230. The Balaban J connectivity index is 2.25. The predicted molar refractivity (Wildman–Crippen MR) is 84.7 cm³/mol. The van der Waals surface area contributed by atoms with Crippen molar-refractivity contribution in [3.8, 4) is 0 Å². The summed E-state index contributed by atoms with van der Waals surface area (Å²) in [6, 6.07) is 1.40. The van der Waals surface area contributed by atoms with Gasteiger partial charge in [-0.15, -0.1) is 0 Å². The number of rotatable bonds is 8. The summed E-state index contributed by atoms with van der Waals surface area (Å²) in [6.45, 7) is 11.6. The van der Waals surface area contributed by atoms with Crippen molar-refractivity contribution in [3.05, 3.63) is 0 Å². The van der Waals surface area contributed by atoms with E-state index in [0.29, 0.717) is 6.04 Å². The van der Waals surface area contributed by atoms with Gasteiger partial charge in [0.1, 0.15) is 0 Å². The molecule has 3 atom stereocenters. The first-order chi connectivity index (χ1) is 9.04. The molecule has 3 nitrogen and oxygen atoms in total. The fourth-order valence-electron chi connectivity index (χ4n) is 3.35. The molecule has 0 spiro atoms. The van der Waals surface area contributed by atoms with Crippen molar-refractivity contribution in [2.24, 2.45) is 5.92 Å². The molecule has 3 unspecified atom stereocenters. The minimum absolute atomic E-state index is 0.644. The van der Waals surface area contributed by atoms with E-state index in [-0.39, 0.29) is 0 Å². The normalized spacial score (nSPS) is 26.1. The molecule has 1 saturated carbocycles. The predicted octanol–water partition coefficient (Wildman–Crippen LogP) is 2.43. The minimum atomic E-state index is 0.644. The van der Waals surface area contributed by atoms with Crippen molar-refractivity contribution in [3.63, 3.8) is 0 Å². The van der Waals surface area contributed by atoms with Gasteiger partial charge in [-0.1, -0.05) is 26.7 Å². The molecule has 0 aliphatic heterocycles. The molecular formula is C16H35N3. The molecule has 1 aliphatic rings. The number of nitrogens with one attached hydrogen (secondary N) is 1. The molecule has 0 amide bonds. The van der Waals surface area contributed by atoms with Gasteiger partial charge in [0.15, 0.2) is 0 Å². The Kier molecular flexibility index (Phi) is 7.96. The van der Waals surface area contributed by atoms with Crippen LogP contribution >= 0.6 is 0 Å². The second kappa shape index (κ2) is 8.93. The molecule has 0 saturated heterocycles. The Labute approximate surface area is 120 Å². The third kappa shape index (κ3) is 6.24. The van der Waals surface area contributed by atoms with Gasteiger partial charge in [0.25, 0.3) is 0 Å². The zero-order valence-electron chi connectivity index (χ0n) is 13.8. The maximum atomic E-state index is 3.79. The fourth-order valence-corrected chi connectivity index (χ4v) is 3.35.